The van der Waals surface area contributed by atoms with Crippen LogP contribution in [0.25, 0.3) is 22.5 Å². The number of aromatic nitrogens is 2. The molecular weight excluding hydrogens is 504 g/mol. The van der Waals surface area contributed by atoms with Gasteiger partial charge in [-0.3, -0.25) is 0 Å². The lowest BCUT2D eigenvalue weighted by Gasteiger charge is -2.12. The quantitative estimate of drug-likeness (QED) is 0.163. The second-order valence-corrected chi connectivity index (χ2v) is 9.19. The topological polar surface area (TPSA) is 87.9 Å². The van der Waals surface area contributed by atoms with Gasteiger partial charge in [-0.2, -0.15) is 0 Å². The molecule has 0 amide bonds. The van der Waals surface area contributed by atoms with Crippen LogP contribution in [0.15, 0.2) is 146 Å². The minimum atomic E-state index is 0.633. The first-order valence-corrected chi connectivity index (χ1v) is 13.4. The summed E-state index contributed by atoms with van der Waals surface area (Å²) >= 11 is 0. The van der Waals surface area contributed by atoms with E-state index >= 15 is 0 Å². The lowest BCUT2D eigenvalue weighted by molar-refractivity contribution is 1.29. The highest BCUT2D eigenvalue weighted by atomic mass is 15.0. The highest BCUT2D eigenvalue weighted by Crippen LogP contribution is 2.28. The number of nitrogen functional groups attached to an aromatic ring is 1. The van der Waals surface area contributed by atoms with Crippen LogP contribution in [-0.4, -0.2) is 17.0 Å². The number of pyridine rings is 2. The smallest absolute Gasteiger partial charge is 0.154 e. The van der Waals surface area contributed by atoms with Crippen molar-refractivity contribution < 1.29 is 0 Å². The molecule has 202 valence electrons. The molecule has 2 heterocycles. The van der Waals surface area contributed by atoms with E-state index in [2.05, 4.69) is 33.1 Å². The first-order chi connectivity index (χ1) is 20.2. The predicted octanol–water partition coefficient (Wildman–Crippen LogP) is 8.61. The number of rotatable bonds is 7. The van der Waals surface area contributed by atoms with Crippen molar-refractivity contribution in [3.63, 3.8) is 0 Å². The van der Waals surface area contributed by atoms with Crippen molar-refractivity contribution in [1.29, 1.82) is 0 Å². The summed E-state index contributed by atoms with van der Waals surface area (Å²) in [6, 6.07) is 48.0. The van der Waals surface area contributed by atoms with Gasteiger partial charge < -0.3 is 21.7 Å². The van der Waals surface area contributed by atoms with Crippen LogP contribution in [-0.2, 0) is 0 Å². The molecule has 0 saturated carbocycles. The van der Waals surface area contributed by atoms with Gasteiger partial charge in [0.2, 0.25) is 0 Å². The zero-order valence-electron chi connectivity index (χ0n) is 22.8. The molecule has 0 bridgehead atoms. The number of nitrogens with one attached hydrogen (secondary N) is 3. The van der Waals surface area contributed by atoms with Crippen LogP contribution in [0.4, 0.5) is 34.4 Å². The second-order valence-electron chi connectivity index (χ2n) is 9.19. The minimum Gasteiger partial charge on any atom is -0.396 e. The van der Waals surface area contributed by atoms with Crippen molar-refractivity contribution in [3.8, 4) is 22.5 Å². The average Bonchev–Trinajstić information content (AvgIpc) is 3.04. The van der Waals surface area contributed by atoms with Gasteiger partial charge in [-0.15, -0.1) is 0 Å². The molecule has 5 N–H and O–H groups in total. The summed E-state index contributed by atoms with van der Waals surface area (Å²) in [4.78, 5) is 9.34. The summed E-state index contributed by atoms with van der Waals surface area (Å²) in [5, 5.41) is 9.78. The van der Waals surface area contributed by atoms with Crippen molar-refractivity contribution in [2.75, 3.05) is 28.7 Å². The minimum absolute atomic E-state index is 0.633. The van der Waals surface area contributed by atoms with Gasteiger partial charge in [-0.05, 0) is 48.5 Å². The molecule has 0 aliphatic rings. The van der Waals surface area contributed by atoms with Crippen molar-refractivity contribution in [2.45, 2.75) is 0 Å². The standard InChI is InChI=1S/C18H17N3.C17H15N3/c1-19-17-13-12-16(14-8-4-2-5-9-14)21-18(17)20-15-10-6-3-7-11-15;18-15-11-12-16(13-7-3-1-4-8-13)20-17(15)19-14-9-5-2-6-10-14/h2-13,19H,1H3,(H,20,21);1-12H,18H2,(H,19,20). The molecule has 0 fully saturated rings. The van der Waals surface area contributed by atoms with Crippen LogP contribution in [0.5, 0.6) is 0 Å². The van der Waals surface area contributed by atoms with Crippen LogP contribution in [0.2, 0.25) is 0 Å². The fourth-order valence-electron chi connectivity index (χ4n) is 4.18. The molecule has 41 heavy (non-hydrogen) atoms. The zero-order chi connectivity index (χ0) is 28.3. The summed E-state index contributed by atoms with van der Waals surface area (Å²) in [6.07, 6.45) is 0. The SMILES string of the molecule is CNc1ccc(-c2ccccc2)nc1Nc1ccccc1.Nc1ccc(-c2ccccc2)nc1Nc1ccccc1. The molecule has 2 aromatic heterocycles. The van der Waals surface area contributed by atoms with E-state index in [1.165, 1.54) is 0 Å². The maximum absolute atomic E-state index is 5.99. The molecule has 0 radical (unpaired) electrons. The van der Waals surface area contributed by atoms with E-state index in [0.717, 1.165) is 45.4 Å². The van der Waals surface area contributed by atoms with Crippen molar-refractivity contribution in [2.24, 2.45) is 0 Å². The number of benzene rings is 4. The Labute approximate surface area is 241 Å². The lowest BCUT2D eigenvalue weighted by atomic mass is 10.1. The molecular formula is C35H32N6. The summed E-state index contributed by atoms with van der Waals surface area (Å²) in [5.41, 5.74) is 13.6. The molecule has 0 unspecified atom stereocenters. The molecule has 6 rings (SSSR count). The number of para-hydroxylation sites is 2. The van der Waals surface area contributed by atoms with Gasteiger partial charge >= 0.3 is 0 Å². The highest BCUT2D eigenvalue weighted by molar-refractivity contribution is 5.75. The molecule has 0 spiro atoms. The molecule has 4 aromatic carbocycles. The Morgan fingerprint density at radius 1 is 0.463 bits per heavy atom. The lowest BCUT2D eigenvalue weighted by Crippen LogP contribution is -2.00. The third kappa shape index (κ3) is 7.28. The molecule has 0 saturated heterocycles. The van der Waals surface area contributed by atoms with Gasteiger partial charge in [0.15, 0.2) is 11.6 Å². The normalized spacial score (nSPS) is 10.2. The summed E-state index contributed by atoms with van der Waals surface area (Å²) < 4.78 is 0. The van der Waals surface area contributed by atoms with E-state index in [4.69, 9.17) is 10.7 Å². The fraction of sp³-hybridized carbons (Fsp3) is 0.0286. The summed E-state index contributed by atoms with van der Waals surface area (Å²) in [5.74, 6) is 1.50. The second kappa shape index (κ2) is 13.4. The Balaban J connectivity index is 0.000000165. The van der Waals surface area contributed by atoms with E-state index in [0.29, 0.717) is 11.5 Å². The zero-order valence-corrected chi connectivity index (χ0v) is 22.8. The Bertz CT molecular complexity index is 1660. The van der Waals surface area contributed by atoms with Gasteiger partial charge in [0.1, 0.15) is 0 Å². The van der Waals surface area contributed by atoms with Crippen LogP contribution in [0.3, 0.4) is 0 Å². The van der Waals surface area contributed by atoms with E-state index < -0.39 is 0 Å². The molecule has 0 aliphatic carbocycles. The maximum atomic E-state index is 5.99. The number of hydrogen-bond donors (Lipinski definition) is 4. The molecule has 0 aliphatic heterocycles. The molecule has 6 heteroatoms. The van der Waals surface area contributed by atoms with Gasteiger partial charge in [-0.25, -0.2) is 9.97 Å². The van der Waals surface area contributed by atoms with E-state index in [1.807, 2.05) is 141 Å². The van der Waals surface area contributed by atoms with Gasteiger partial charge in [0.05, 0.1) is 22.8 Å². The molecule has 6 aromatic rings. The van der Waals surface area contributed by atoms with Gasteiger partial charge in [0.25, 0.3) is 0 Å². The van der Waals surface area contributed by atoms with Gasteiger partial charge in [0, 0.05) is 29.5 Å². The third-order valence-electron chi connectivity index (χ3n) is 6.30. The van der Waals surface area contributed by atoms with Crippen LogP contribution < -0.4 is 21.7 Å². The van der Waals surface area contributed by atoms with Gasteiger partial charge in [-0.1, -0.05) is 97.1 Å². The van der Waals surface area contributed by atoms with Crippen molar-refractivity contribution >= 4 is 34.4 Å². The van der Waals surface area contributed by atoms with E-state index in [-0.39, 0.29) is 0 Å². The predicted molar refractivity (Wildman–Crippen MR) is 173 cm³/mol. The van der Waals surface area contributed by atoms with Crippen molar-refractivity contribution in [1.82, 2.24) is 9.97 Å². The van der Waals surface area contributed by atoms with Crippen molar-refractivity contribution in [3.05, 3.63) is 146 Å². The maximum Gasteiger partial charge on any atom is 0.154 e. The Kier molecular flexibility index (Phi) is 8.84. The monoisotopic (exact) mass is 536 g/mol. The van der Waals surface area contributed by atoms with Crippen LogP contribution in [0, 0.1) is 0 Å². The fourth-order valence-corrected chi connectivity index (χ4v) is 4.18. The molecule has 6 nitrogen and oxygen atoms in total. The Morgan fingerprint density at radius 2 is 0.878 bits per heavy atom. The Morgan fingerprint density at radius 3 is 1.37 bits per heavy atom. The number of nitrogens with two attached hydrogens (primary N) is 1. The first-order valence-electron chi connectivity index (χ1n) is 13.4. The van der Waals surface area contributed by atoms with Crippen LogP contribution >= 0.6 is 0 Å². The summed E-state index contributed by atoms with van der Waals surface area (Å²) in [6.45, 7) is 0. The number of nitrogens with zero attached hydrogens (tertiary/aromatic N) is 2. The average molecular weight is 537 g/mol. The van der Waals surface area contributed by atoms with E-state index in [9.17, 15) is 0 Å². The third-order valence-corrected chi connectivity index (χ3v) is 6.30. The highest BCUT2D eigenvalue weighted by Gasteiger charge is 2.07. The molecule has 0 atom stereocenters. The van der Waals surface area contributed by atoms with Crippen LogP contribution in [0.1, 0.15) is 0 Å². The number of hydrogen-bond acceptors (Lipinski definition) is 6. The first kappa shape index (κ1) is 27.0. The number of anilines is 6. The summed E-state index contributed by atoms with van der Waals surface area (Å²) in [7, 11) is 1.90. The largest absolute Gasteiger partial charge is 0.396 e. The Hall–Kier alpha value is -5.62. The van der Waals surface area contributed by atoms with E-state index in [1.54, 1.807) is 0 Å².